The first kappa shape index (κ1) is 14.2. The van der Waals surface area contributed by atoms with Gasteiger partial charge in [0.25, 0.3) is 0 Å². The lowest BCUT2D eigenvalue weighted by Crippen LogP contribution is -2.12. The first-order valence-electron chi connectivity index (χ1n) is 5.90. The van der Waals surface area contributed by atoms with E-state index in [9.17, 15) is 4.79 Å². The average molecular weight is 299 g/mol. The van der Waals surface area contributed by atoms with Crippen LogP contribution in [-0.4, -0.2) is 21.3 Å². The third-order valence-corrected chi connectivity index (χ3v) is 4.03. The summed E-state index contributed by atoms with van der Waals surface area (Å²) in [5, 5.41) is 10.9. The Hall–Kier alpha value is -1.24. The van der Waals surface area contributed by atoms with E-state index in [1.165, 1.54) is 16.3 Å². The molecule has 0 unspecified atom stereocenters. The van der Waals surface area contributed by atoms with E-state index in [2.05, 4.69) is 22.4 Å². The lowest BCUT2D eigenvalue weighted by molar-refractivity contribution is 0.726. The molecule has 0 aliphatic heterocycles. The summed E-state index contributed by atoms with van der Waals surface area (Å²) in [6.45, 7) is 3.71. The first-order chi connectivity index (χ1) is 9.11. The summed E-state index contributed by atoms with van der Waals surface area (Å²) in [5.74, 6) is 0. The molecule has 5 nitrogen and oxygen atoms in total. The molecular formula is C12H15ClN4OS. The molecule has 1 aromatic carbocycles. The van der Waals surface area contributed by atoms with E-state index in [0.29, 0.717) is 10.2 Å². The minimum Gasteiger partial charge on any atom is -0.313 e. The average Bonchev–Trinajstić information content (AvgIpc) is 2.70. The number of nitrogens with one attached hydrogen (secondary N) is 2. The Kier molecular flexibility index (Phi) is 4.68. The minimum atomic E-state index is -0.225. The molecular weight excluding hydrogens is 284 g/mol. The molecule has 19 heavy (non-hydrogen) atoms. The molecule has 7 heteroatoms. The van der Waals surface area contributed by atoms with Crippen LogP contribution in [-0.2, 0) is 13.6 Å². The third-order valence-electron chi connectivity index (χ3n) is 2.64. The van der Waals surface area contributed by atoms with E-state index in [1.54, 1.807) is 7.05 Å². The molecule has 0 atom stereocenters. The van der Waals surface area contributed by atoms with Crippen molar-refractivity contribution < 1.29 is 0 Å². The van der Waals surface area contributed by atoms with E-state index < -0.39 is 0 Å². The number of aromatic nitrogens is 3. The summed E-state index contributed by atoms with van der Waals surface area (Å²) in [6, 6.07) is 5.85. The normalized spacial score (nSPS) is 10.9. The van der Waals surface area contributed by atoms with Gasteiger partial charge < -0.3 is 5.32 Å². The zero-order valence-corrected chi connectivity index (χ0v) is 12.3. The van der Waals surface area contributed by atoms with E-state index in [1.807, 2.05) is 18.2 Å². The maximum absolute atomic E-state index is 11.3. The number of hydrogen-bond acceptors (Lipinski definition) is 4. The number of rotatable bonds is 5. The second kappa shape index (κ2) is 6.27. The second-order valence-corrected chi connectivity index (χ2v) is 5.45. The summed E-state index contributed by atoms with van der Waals surface area (Å²) < 4.78 is 1.46. The molecule has 0 aliphatic rings. The minimum absolute atomic E-state index is 0.225. The molecule has 102 valence electrons. The summed E-state index contributed by atoms with van der Waals surface area (Å²) in [7, 11) is 1.68. The molecule has 2 N–H and O–H groups in total. The molecule has 0 amide bonds. The molecule has 0 aliphatic carbocycles. The van der Waals surface area contributed by atoms with Crippen LogP contribution in [0, 0.1) is 0 Å². The van der Waals surface area contributed by atoms with Gasteiger partial charge in [0.1, 0.15) is 0 Å². The smallest absolute Gasteiger partial charge is 0.313 e. The number of H-pyrrole nitrogens is 1. The Labute approximate surface area is 120 Å². The maximum atomic E-state index is 11.3. The second-order valence-electron chi connectivity index (χ2n) is 4.01. The number of halogens is 1. The lowest BCUT2D eigenvalue weighted by Gasteiger charge is -2.07. The Balaban J connectivity index is 2.16. The van der Waals surface area contributed by atoms with Crippen LogP contribution in [0.15, 0.2) is 33.0 Å². The van der Waals surface area contributed by atoms with Gasteiger partial charge in [0.15, 0.2) is 5.16 Å². The van der Waals surface area contributed by atoms with Gasteiger partial charge in [-0.25, -0.2) is 9.89 Å². The van der Waals surface area contributed by atoms with Crippen molar-refractivity contribution in [3.05, 3.63) is 39.3 Å². The van der Waals surface area contributed by atoms with Crippen molar-refractivity contribution >= 4 is 23.4 Å². The van der Waals surface area contributed by atoms with Gasteiger partial charge in [0.05, 0.1) is 0 Å². The van der Waals surface area contributed by atoms with Crippen LogP contribution in [0.4, 0.5) is 0 Å². The molecule has 0 spiro atoms. The van der Waals surface area contributed by atoms with E-state index >= 15 is 0 Å². The van der Waals surface area contributed by atoms with Gasteiger partial charge in [-0.3, -0.25) is 4.57 Å². The van der Waals surface area contributed by atoms with E-state index in [4.69, 9.17) is 11.6 Å². The van der Waals surface area contributed by atoms with Crippen molar-refractivity contribution in [2.45, 2.75) is 23.5 Å². The van der Waals surface area contributed by atoms with Crippen LogP contribution in [0.5, 0.6) is 0 Å². The predicted molar refractivity (Wildman–Crippen MR) is 76.8 cm³/mol. The molecule has 1 aromatic heterocycles. The first-order valence-corrected chi connectivity index (χ1v) is 7.09. The van der Waals surface area contributed by atoms with E-state index in [-0.39, 0.29) is 5.69 Å². The van der Waals surface area contributed by atoms with Gasteiger partial charge in [-0.1, -0.05) is 24.6 Å². The summed E-state index contributed by atoms with van der Waals surface area (Å²) in [6.07, 6.45) is 0. The molecule has 0 saturated heterocycles. The summed E-state index contributed by atoms with van der Waals surface area (Å²) in [5.41, 5.74) is 0.834. The molecule has 0 bridgehead atoms. The van der Waals surface area contributed by atoms with Crippen LogP contribution in [0.3, 0.4) is 0 Å². The molecule has 0 saturated carbocycles. The van der Waals surface area contributed by atoms with Gasteiger partial charge in [0.2, 0.25) is 0 Å². The monoisotopic (exact) mass is 298 g/mol. The third kappa shape index (κ3) is 3.40. The Morgan fingerprint density at radius 3 is 2.89 bits per heavy atom. The highest BCUT2D eigenvalue weighted by Crippen LogP contribution is 2.28. The van der Waals surface area contributed by atoms with Gasteiger partial charge in [-0.2, -0.15) is 0 Å². The van der Waals surface area contributed by atoms with Crippen LogP contribution < -0.4 is 11.0 Å². The van der Waals surface area contributed by atoms with Crippen LogP contribution in [0.25, 0.3) is 0 Å². The van der Waals surface area contributed by atoms with Crippen molar-refractivity contribution in [1.82, 2.24) is 20.1 Å². The highest BCUT2D eigenvalue weighted by atomic mass is 35.5. The quantitative estimate of drug-likeness (QED) is 0.886. The highest BCUT2D eigenvalue weighted by molar-refractivity contribution is 7.99. The summed E-state index contributed by atoms with van der Waals surface area (Å²) in [4.78, 5) is 12.2. The standard InChI is InChI=1S/C12H15ClN4OS/c1-3-14-7-8-4-5-9(6-10(8)13)19-12-16-15-11(18)17(12)2/h4-6,14H,3,7H2,1-2H3,(H,15,18). The van der Waals surface area contributed by atoms with Crippen LogP contribution in [0.2, 0.25) is 5.02 Å². The Bertz CT molecular complexity index is 622. The largest absolute Gasteiger partial charge is 0.343 e. The van der Waals surface area contributed by atoms with Gasteiger partial charge in [0, 0.05) is 23.5 Å². The highest BCUT2D eigenvalue weighted by Gasteiger charge is 2.08. The Morgan fingerprint density at radius 2 is 2.32 bits per heavy atom. The SMILES string of the molecule is CCNCc1ccc(Sc2n[nH]c(=O)n2C)cc1Cl. The van der Waals surface area contributed by atoms with Crippen molar-refractivity contribution in [3.63, 3.8) is 0 Å². The van der Waals surface area contributed by atoms with E-state index in [0.717, 1.165) is 23.5 Å². The number of hydrogen-bond donors (Lipinski definition) is 2. The fraction of sp³-hybridized carbons (Fsp3) is 0.333. The number of benzene rings is 1. The topological polar surface area (TPSA) is 62.7 Å². The van der Waals surface area contributed by atoms with Crippen molar-refractivity contribution in [3.8, 4) is 0 Å². The Morgan fingerprint density at radius 1 is 1.53 bits per heavy atom. The molecule has 1 heterocycles. The zero-order valence-electron chi connectivity index (χ0n) is 10.7. The van der Waals surface area contributed by atoms with Gasteiger partial charge >= 0.3 is 5.69 Å². The molecule has 0 radical (unpaired) electrons. The fourth-order valence-corrected chi connectivity index (χ4v) is 2.67. The van der Waals surface area contributed by atoms with Crippen molar-refractivity contribution in [2.75, 3.05) is 6.54 Å². The van der Waals surface area contributed by atoms with Crippen LogP contribution >= 0.6 is 23.4 Å². The van der Waals surface area contributed by atoms with Crippen LogP contribution in [0.1, 0.15) is 12.5 Å². The fourth-order valence-electron chi connectivity index (χ4n) is 1.52. The predicted octanol–water partition coefficient (Wildman–Crippen LogP) is 2.02. The maximum Gasteiger partial charge on any atom is 0.343 e. The van der Waals surface area contributed by atoms with Gasteiger partial charge in [-0.05, 0) is 36.0 Å². The zero-order chi connectivity index (χ0) is 13.8. The van der Waals surface area contributed by atoms with Crippen molar-refractivity contribution in [1.29, 1.82) is 0 Å². The van der Waals surface area contributed by atoms with Gasteiger partial charge in [-0.15, -0.1) is 5.10 Å². The number of nitrogens with zero attached hydrogens (tertiary/aromatic N) is 2. The lowest BCUT2D eigenvalue weighted by atomic mass is 10.2. The number of aromatic amines is 1. The molecule has 0 fully saturated rings. The summed E-state index contributed by atoms with van der Waals surface area (Å²) >= 11 is 7.62. The molecule has 2 aromatic rings. The van der Waals surface area contributed by atoms with Crippen molar-refractivity contribution in [2.24, 2.45) is 7.05 Å². The molecule has 2 rings (SSSR count).